The van der Waals surface area contributed by atoms with Crippen LogP contribution in [0.15, 0.2) is 42.6 Å². The van der Waals surface area contributed by atoms with Gasteiger partial charge < -0.3 is 15.0 Å². The molecule has 0 spiro atoms. The fourth-order valence-corrected chi connectivity index (χ4v) is 2.22. The fourth-order valence-electron chi connectivity index (χ4n) is 2.22. The second-order valence-electron chi connectivity index (χ2n) is 4.99. The normalized spacial score (nSPS) is 11.7. The van der Waals surface area contributed by atoms with Crippen LogP contribution >= 0.6 is 0 Å². The number of aliphatic carboxylic acids is 1. The average molecular weight is 317 g/mol. The number of rotatable bonds is 6. The number of carbonyl (C=O) groups excluding carboxylic acids is 1. The van der Waals surface area contributed by atoms with Gasteiger partial charge in [0.05, 0.1) is 23.6 Å². The number of amides is 1. The van der Waals surface area contributed by atoms with Gasteiger partial charge in [0.25, 0.3) is 11.6 Å². The van der Waals surface area contributed by atoms with Gasteiger partial charge in [0.1, 0.15) is 5.69 Å². The second kappa shape index (κ2) is 6.73. The van der Waals surface area contributed by atoms with E-state index in [4.69, 9.17) is 5.11 Å². The molecule has 8 heteroatoms. The Balaban J connectivity index is 2.24. The third-order valence-corrected chi connectivity index (χ3v) is 3.32. The molecule has 0 aliphatic heterocycles. The van der Waals surface area contributed by atoms with E-state index in [0.29, 0.717) is 5.56 Å². The number of carboxylic acids is 1. The van der Waals surface area contributed by atoms with Gasteiger partial charge in [-0.1, -0.05) is 30.3 Å². The van der Waals surface area contributed by atoms with Crippen LogP contribution in [-0.2, 0) is 11.8 Å². The molecule has 2 aromatic rings. The fraction of sp³-hybridized carbons (Fsp3) is 0.200. The van der Waals surface area contributed by atoms with Gasteiger partial charge in [-0.05, 0) is 5.56 Å². The molecule has 0 fully saturated rings. The molecule has 2 N–H and O–H groups in total. The topological polar surface area (TPSA) is 114 Å². The van der Waals surface area contributed by atoms with E-state index in [2.05, 4.69) is 5.32 Å². The second-order valence-corrected chi connectivity index (χ2v) is 4.99. The van der Waals surface area contributed by atoms with Crippen molar-refractivity contribution in [1.82, 2.24) is 9.88 Å². The van der Waals surface area contributed by atoms with Gasteiger partial charge in [-0.25, -0.2) is 0 Å². The Kier molecular flexibility index (Phi) is 4.75. The van der Waals surface area contributed by atoms with E-state index in [1.807, 2.05) is 0 Å². The van der Waals surface area contributed by atoms with Crippen molar-refractivity contribution in [3.63, 3.8) is 0 Å². The Morgan fingerprint density at radius 1 is 1.35 bits per heavy atom. The minimum absolute atomic E-state index is 0.0861. The number of hydrogen-bond acceptors (Lipinski definition) is 4. The Hall–Kier alpha value is -3.16. The number of benzene rings is 1. The van der Waals surface area contributed by atoms with E-state index in [9.17, 15) is 19.7 Å². The van der Waals surface area contributed by atoms with E-state index in [0.717, 1.165) is 6.07 Å². The van der Waals surface area contributed by atoms with Gasteiger partial charge >= 0.3 is 5.97 Å². The van der Waals surface area contributed by atoms with Crippen LogP contribution in [0.25, 0.3) is 0 Å². The van der Waals surface area contributed by atoms with Crippen molar-refractivity contribution in [1.29, 1.82) is 0 Å². The highest BCUT2D eigenvalue weighted by molar-refractivity contribution is 5.94. The SMILES string of the molecule is Cn1cc([N+](=O)[O-])cc1C(=O)NC(CC(=O)O)c1ccccc1. The lowest BCUT2D eigenvalue weighted by Gasteiger charge is -2.17. The van der Waals surface area contributed by atoms with Crippen molar-refractivity contribution < 1.29 is 19.6 Å². The molecule has 2 rings (SSSR count). The number of aromatic nitrogens is 1. The summed E-state index contributed by atoms with van der Waals surface area (Å²) in [6.07, 6.45) is 0.936. The summed E-state index contributed by atoms with van der Waals surface area (Å²) in [6.45, 7) is 0. The predicted molar refractivity (Wildman–Crippen MR) is 81.0 cm³/mol. The maximum absolute atomic E-state index is 12.3. The maximum Gasteiger partial charge on any atom is 0.305 e. The average Bonchev–Trinajstić information content (AvgIpc) is 2.89. The third kappa shape index (κ3) is 3.94. The molecule has 1 atom stereocenters. The summed E-state index contributed by atoms with van der Waals surface area (Å²) in [5, 5.41) is 22.4. The molecule has 1 aromatic heterocycles. The molecule has 0 saturated heterocycles. The number of nitrogens with zero attached hydrogens (tertiary/aromatic N) is 2. The van der Waals surface area contributed by atoms with E-state index < -0.39 is 22.8 Å². The van der Waals surface area contributed by atoms with Crippen LogP contribution in [-0.4, -0.2) is 26.5 Å². The molecule has 1 aromatic carbocycles. The standard InChI is InChI=1S/C15H15N3O5/c1-17-9-11(18(22)23)7-13(17)15(21)16-12(8-14(19)20)10-5-3-2-4-6-10/h2-7,9,12H,8H2,1H3,(H,16,21)(H,19,20). The summed E-state index contributed by atoms with van der Waals surface area (Å²) in [5.41, 5.74) is 0.530. The summed E-state index contributed by atoms with van der Waals surface area (Å²) in [5.74, 6) is -1.63. The van der Waals surface area contributed by atoms with E-state index in [1.54, 1.807) is 30.3 Å². The van der Waals surface area contributed by atoms with Crippen molar-refractivity contribution >= 4 is 17.6 Å². The van der Waals surface area contributed by atoms with Crippen LogP contribution in [0.3, 0.4) is 0 Å². The van der Waals surface area contributed by atoms with Crippen LogP contribution < -0.4 is 5.32 Å². The van der Waals surface area contributed by atoms with Gasteiger partial charge in [-0.2, -0.15) is 0 Å². The molecule has 0 bridgehead atoms. The highest BCUT2D eigenvalue weighted by Crippen LogP contribution is 2.19. The highest BCUT2D eigenvalue weighted by Gasteiger charge is 2.22. The monoisotopic (exact) mass is 317 g/mol. The number of nitrogens with one attached hydrogen (secondary N) is 1. The predicted octanol–water partition coefficient (Wildman–Crippen LogP) is 1.88. The van der Waals surface area contributed by atoms with E-state index >= 15 is 0 Å². The van der Waals surface area contributed by atoms with Crippen LogP contribution in [0.5, 0.6) is 0 Å². The summed E-state index contributed by atoms with van der Waals surface area (Å²) < 4.78 is 1.33. The minimum atomic E-state index is -1.06. The lowest BCUT2D eigenvalue weighted by atomic mass is 10.0. The number of nitro groups is 1. The molecule has 0 aliphatic rings. The molecule has 8 nitrogen and oxygen atoms in total. The number of carbonyl (C=O) groups is 2. The molecular weight excluding hydrogens is 302 g/mol. The summed E-state index contributed by atoms with van der Waals surface area (Å²) in [6, 6.07) is 9.10. The Morgan fingerprint density at radius 2 is 2.00 bits per heavy atom. The molecule has 1 heterocycles. The largest absolute Gasteiger partial charge is 0.481 e. The van der Waals surface area contributed by atoms with Crippen molar-refractivity contribution in [3.05, 3.63) is 64.0 Å². The summed E-state index contributed by atoms with van der Waals surface area (Å²) in [7, 11) is 1.51. The Morgan fingerprint density at radius 3 is 2.52 bits per heavy atom. The number of carboxylic acid groups (broad SMARTS) is 1. The first kappa shape index (κ1) is 16.2. The molecule has 0 saturated carbocycles. The van der Waals surface area contributed by atoms with Crippen molar-refractivity contribution in [3.8, 4) is 0 Å². The van der Waals surface area contributed by atoms with Crippen LogP contribution in [0.2, 0.25) is 0 Å². The zero-order valence-corrected chi connectivity index (χ0v) is 12.3. The molecule has 0 radical (unpaired) electrons. The van der Waals surface area contributed by atoms with E-state index in [-0.39, 0.29) is 17.8 Å². The van der Waals surface area contributed by atoms with Gasteiger partial charge in [0, 0.05) is 13.1 Å². The number of aryl methyl sites for hydroxylation is 1. The minimum Gasteiger partial charge on any atom is -0.481 e. The quantitative estimate of drug-likeness (QED) is 0.623. The third-order valence-electron chi connectivity index (χ3n) is 3.32. The maximum atomic E-state index is 12.3. The molecule has 1 unspecified atom stereocenters. The number of hydrogen-bond donors (Lipinski definition) is 2. The zero-order valence-electron chi connectivity index (χ0n) is 12.3. The highest BCUT2D eigenvalue weighted by atomic mass is 16.6. The first-order valence-electron chi connectivity index (χ1n) is 6.77. The molecule has 0 aliphatic carbocycles. The zero-order chi connectivity index (χ0) is 17.0. The van der Waals surface area contributed by atoms with Crippen molar-refractivity contribution in [2.45, 2.75) is 12.5 Å². The van der Waals surface area contributed by atoms with Gasteiger partial charge in [0.15, 0.2) is 0 Å². The summed E-state index contributed by atoms with van der Waals surface area (Å²) in [4.78, 5) is 33.5. The molecule has 1 amide bonds. The lowest BCUT2D eigenvalue weighted by molar-refractivity contribution is -0.384. The molecular formula is C15H15N3O5. The van der Waals surface area contributed by atoms with Crippen LogP contribution in [0.4, 0.5) is 5.69 Å². The smallest absolute Gasteiger partial charge is 0.305 e. The van der Waals surface area contributed by atoms with Crippen LogP contribution in [0, 0.1) is 10.1 Å². The lowest BCUT2D eigenvalue weighted by Crippen LogP contribution is -2.31. The molecule has 120 valence electrons. The van der Waals surface area contributed by atoms with Gasteiger partial charge in [-0.15, -0.1) is 0 Å². The van der Waals surface area contributed by atoms with Crippen molar-refractivity contribution in [2.75, 3.05) is 0 Å². The molecule has 23 heavy (non-hydrogen) atoms. The van der Waals surface area contributed by atoms with E-state index in [1.165, 1.54) is 17.8 Å². The first-order valence-corrected chi connectivity index (χ1v) is 6.77. The van der Waals surface area contributed by atoms with Crippen LogP contribution in [0.1, 0.15) is 28.5 Å². The van der Waals surface area contributed by atoms with Gasteiger partial charge in [0.2, 0.25) is 0 Å². The first-order chi connectivity index (χ1) is 10.9. The Bertz CT molecular complexity index is 739. The van der Waals surface area contributed by atoms with Crippen molar-refractivity contribution in [2.24, 2.45) is 7.05 Å². The summed E-state index contributed by atoms with van der Waals surface area (Å²) >= 11 is 0. The Labute approximate surface area is 131 Å². The van der Waals surface area contributed by atoms with Gasteiger partial charge in [-0.3, -0.25) is 19.7 Å².